The average Bonchev–Trinajstić information content (AvgIpc) is 2.91. The normalized spacial score (nSPS) is 20.0. The molecular weight excluding hydrogens is 182 g/mol. The molecule has 0 bridgehead atoms. The average molecular weight is 191 g/mol. The van der Waals surface area contributed by atoms with Crippen LogP contribution in [0, 0.1) is 0 Å². The first-order valence-electron chi connectivity index (χ1n) is 4.66. The molecule has 1 aliphatic heterocycles. The summed E-state index contributed by atoms with van der Waals surface area (Å²) in [6, 6.07) is 0.290. The summed E-state index contributed by atoms with van der Waals surface area (Å²) in [7, 11) is 0. The van der Waals surface area contributed by atoms with Gasteiger partial charge in [-0.25, -0.2) is 4.98 Å². The Balaban J connectivity index is 2.16. The maximum absolute atomic E-state index is 11.6. The fraction of sp³-hybridized carbons (Fsp3) is 0.444. The van der Waals surface area contributed by atoms with Crippen LogP contribution in [0.15, 0.2) is 11.1 Å². The lowest BCUT2D eigenvalue weighted by molar-refractivity contribution is -0.117. The van der Waals surface area contributed by atoms with E-state index in [-0.39, 0.29) is 23.9 Å². The quantitative estimate of drug-likeness (QED) is 0.669. The Morgan fingerprint density at radius 2 is 2.21 bits per heavy atom. The second kappa shape index (κ2) is 2.43. The highest BCUT2D eigenvalue weighted by Gasteiger charge is 2.40. The number of hydrogen-bond donors (Lipinski definition) is 1. The lowest BCUT2D eigenvalue weighted by Crippen LogP contribution is -2.29. The number of aromatic nitrogens is 2. The minimum atomic E-state index is -0.188. The number of aromatic amines is 1. The molecule has 1 N–H and O–H groups in total. The van der Waals surface area contributed by atoms with Crippen molar-refractivity contribution in [2.45, 2.75) is 25.3 Å². The number of H-pyrrole nitrogens is 1. The molecule has 14 heavy (non-hydrogen) atoms. The van der Waals surface area contributed by atoms with Crippen molar-refractivity contribution in [1.29, 1.82) is 0 Å². The van der Waals surface area contributed by atoms with Crippen LogP contribution in [0.1, 0.15) is 18.4 Å². The van der Waals surface area contributed by atoms with Crippen molar-refractivity contribution >= 4 is 11.7 Å². The van der Waals surface area contributed by atoms with Gasteiger partial charge >= 0.3 is 0 Å². The van der Waals surface area contributed by atoms with Gasteiger partial charge in [0.1, 0.15) is 5.82 Å². The number of carbonyl (C=O) groups excluding carboxylic acids is 1. The Labute approximate surface area is 79.8 Å². The van der Waals surface area contributed by atoms with Crippen LogP contribution < -0.4 is 10.5 Å². The van der Waals surface area contributed by atoms with Gasteiger partial charge in [-0.05, 0) is 12.8 Å². The summed E-state index contributed by atoms with van der Waals surface area (Å²) in [4.78, 5) is 31.2. The van der Waals surface area contributed by atoms with Gasteiger partial charge in [-0.1, -0.05) is 0 Å². The van der Waals surface area contributed by atoms with Gasteiger partial charge in [0, 0.05) is 6.04 Å². The number of carbonyl (C=O) groups is 1. The van der Waals surface area contributed by atoms with E-state index < -0.39 is 0 Å². The Bertz CT molecular complexity index is 461. The lowest BCUT2D eigenvalue weighted by atomic mass is 10.3. The molecule has 0 aromatic carbocycles. The topological polar surface area (TPSA) is 66.1 Å². The molecule has 1 aromatic rings. The minimum Gasteiger partial charge on any atom is -0.313 e. The fourth-order valence-corrected chi connectivity index (χ4v) is 1.85. The molecule has 3 rings (SSSR count). The molecule has 1 aliphatic carbocycles. The molecule has 1 aromatic heterocycles. The smallest absolute Gasteiger partial charge is 0.256 e. The highest BCUT2D eigenvalue weighted by molar-refractivity contribution is 6.00. The first-order valence-corrected chi connectivity index (χ1v) is 4.66. The Morgan fingerprint density at radius 1 is 1.43 bits per heavy atom. The van der Waals surface area contributed by atoms with E-state index in [4.69, 9.17) is 0 Å². The number of nitrogens with one attached hydrogen (secondary N) is 1. The second-order valence-electron chi connectivity index (χ2n) is 3.71. The zero-order valence-corrected chi connectivity index (χ0v) is 7.49. The highest BCUT2D eigenvalue weighted by Crippen LogP contribution is 2.35. The van der Waals surface area contributed by atoms with Gasteiger partial charge in [0.25, 0.3) is 5.56 Å². The van der Waals surface area contributed by atoms with Gasteiger partial charge in [0.2, 0.25) is 5.91 Å². The van der Waals surface area contributed by atoms with Crippen LogP contribution in [0.5, 0.6) is 0 Å². The number of rotatable bonds is 1. The van der Waals surface area contributed by atoms with E-state index in [9.17, 15) is 9.59 Å². The standard InChI is InChI=1S/C9H9N3O2/c13-7-3-6-8(10-4-11-9(6)14)12(7)5-1-2-5/h4-5H,1-3H2,(H,10,11,14). The maximum atomic E-state index is 11.6. The van der Waals surface area contributed by atoms with Crippen molar-refractivity contribution < 1.29 is 4.79 Å². The molecule has 0 radical (unpaired) electrons. The first kappa shape index (κ1) is 7.73. The number of amides is 1. The van der Waals surface area contributed by atoms with Crippen LogP contribution in [0.2, 0.25) is 0 Å². The van der Waals surface area contributed by atoms with Crippen molar-refractivity contribution in [2.24, 2.45) is 0 Å². The summed E-state index contributed by atoms with van der Waals surface area (Å²) in [6.07, 6.45) is 3.61. The second-order valence-corrected chi connectivity index (χ2v) is 3.71. The maximum Gasteiger partial charge on any atom is 0.256 e. The fourth-order valence-electron chi connectivity index (χ4n) is 1.85. The third-order valence-electron chi connectivity index (χ3n) is 2.66. The summed E-state index contributed by atoms with van der Waals surface area (Å²) in [5.74, 6) is 0.577. The van der Waals surface area contributed by atoms with E-state index in [0.717, 1.165) is 12.8 Å². The van der Waals surface area contributed by atoms with Gasteiger partial charge in [-0.15, -0.1) is 0 Å². The third kappa shape index (κ3) is 0.921. The van der Waals surface area contributed by atoms with E-state index in [1.165, 1.54) is 6.33 Å². The predicted molar refractivity (Wildman–Crippen MR) is 49.1 cm³/mol. The van der Waals surface area contributed by atoms with E-state index >= 15 is 0 Å². The van der Waals surface area contributed by atoms with Crippen LogP contribution in [0.4, 0.5) is 5.82 Å². The number of hydrogen-bond acceptors (Lipinski definition) is 3. The number of nitrogens with zero attached hydrogens (tertiary/aromatic N) is 2. The van der Waals surface area contributed by atoms with Crippen LogP contribution in [-0.2, 0) is 11.2 Å². The van der Waals surface area contributed by atoms with Crippen molar-refractivity contribution in [2.75, 3.05) is 4.90 Å². The van der Waals surface area contributed by atoms with Crippen molar-refractivity contribution in [3.63, 3.8) is 0 Å². The molecule has 0 spiro atoms. The molecule has 2 heterocycles. The van der Waals surface area contributed by atoms with E-state index in [2.05, 4.69) is 9.97 Å². The molecule has 0 atom stereocenters. The highest BCUT2D eigenvalue weighted by atomic mass is 16.2. The van der Waals surface area contributed by atoms with Gasteiger partial charge in [-0.2, -0.15) is 0 Å². The summed E-state index contributed by atoms with van der Waals surface area (Å²) in [5, 5.41) is 0. The number of fused-ring (bicyclic) bond motifs is 1. The van der Waals surface area contributed by atoms with Gasteiger partial charge in [0.15, 0.2) is 0 Å². The zero-order chi connectivity index (χ0) is 9.71. The SMILES string of the molecule is O=C1Cc2c(nc[nH]c2=O)N1C1CC1. The molecule has 5 heteroatoms. The van der Waals surface area contributed by atoms with Crippen molar-refractivity contribution in [3.8, 4) is 0 Å². The molecule has 1 saturated carbocycles. The van der Waals surface area contributed by atoms with E-state index in [1.54, 1.807) is 4.90 Å². The minimum absolute atomic E-state index is 0.00620. The van der Waals surface area contributed by atoms with Crippen molar-refractivity contribution in [3.05, 3.63) is 22.2 Å². The van der Waals surface area contributed by atoms with Crippen molar-refractivity contribution in [1.82, 2.24) is 9.97 Å². The van der Waals surface area contributed by atoms with Crippen LogP contribution in [0.25, 0.3) is 0 Å². The molecular formula is C9H9N3O2. The Kier molecular flexibility index (Phi) is 1.34. The Hall–Kier alpha value is -1.65. The van der Waals surface area contributed by atoms with Crippen LogP contribution in [-0.4, -0.2) is 21.9 Å². The first-order chi connectivity index (χ1) is 6.77. The molecule has 1 fully saturated rings. The third-order valence-corrected chi connectivity index (χ3v) is 2.66. The molecule has 5 nitrogen and oxygen atoms in total. The summed E-state index contributed by atoms with van der Waals surface area (Å²) in [6.45, 7) is 0. The molecule has 0 unspecified atom stereocenters. The van der Waals surface area contributed by atoms with Gasteiger partial charge in [-0.3, -0.25) is 14.5 Å². The largest absolute Gasteiger partial charge is 0.313 e. The molecule has 2 aliphatic rings. The van der Waals surface area contributed by atoms with Crippen LogP contribution >= 0.6 is 0 Å². The van der Waals surface area contributed by atoms with Gasteiger partial charge < -0.3 is 4.98 Å². The zero-order valence-electron chi connectivity index (χ0n) is 7.49. The monoisotopic (exact) mass is 191 g/mol. The Morgan fingerprint density at radius 3 is 2.93 bits per heavy atom. The van der Waals surface area contributed by atoms with Crippen LogP contribution in [0.3, 0.4) is 0 Å². The van der Waals surface area contributed by atoms with E-state index in [1.807, 2.05) is 0 Å². The predicted octanol–water partition coefficient (Wildman–Crippen LogP) is -0.179. The molecule has 0 saturated heterocycles. The molecule has 1 amide bonds. The molecule has 72 valence electrons. The summed E-state index contributed by atoms with van der Waals surface area (Å²) in [5.41, 5.74) is 0.330. The number of anilines is 1. The van der Waals surface area contributed by atoms with Gasteiger partial charge in [0.05, 0.1) is 18.3 Å². The lowest BCUT2D eigenvalue weighted by Gasteiger charge is -2.14. The summed E-state index contributed by atoms with van der Waals surface area (Å²) >= 11 is 0. The summed E-state index contributed by atoms with van der Waals surface area (Å²) < 4.78 is 0. The van der Waals surface area contributed by atoms with E-state index in [0.29, 0.717) is 11.4 Å².